The lowest BCUT2D eigenvalue weighted by molar-refractivity contribution is 0.152. The van der Waals surface area contributed by atoms with E-state index >= 15 is 0 Å². The van der Waals surface area contributed by atoms with Gasteiger partial charge in [-0.05, 0) is 45.3 Å². The van der Waals surface area contributed by atoms with E-state index in [1.165, 1.54) is 0 Å². The third kappa shape index (κ3) is 5.90. The van der Waals surface area contributed by atoms with Crippen LogP contribution in [0, 0.1) is 0 Å². The summed E-state index contributed by atoms with van der Waals surface area (Å²) < 4.78 is 5.80. The predicted octanol–water partition coefficient (Wildman–Crippen LogP) is 1.80. The Kier molecular flexibility index (Phi) is 7.59. The van der Waals surface area contributed by atoms with Gasteiger partial charge >= 0.3 is 0 Å². The normalized spacial score (nSPS) is 12.9. The van der Waals surface area contributed by atoms with Gasteiger partial charge in [0, 0.05) is 25.7 Å². The molecule has 2 N–H and O–H groups in total. The fourth-order valence-corrected chi connectivity index (χ4v) is 2.34. The predicted molar refractivity (Wildman–Crippen MR) is 85.1 cm³/mol. The van der Waals surface area contributed by atoms with Crippen LogP contribution in [0.25, 0.3) is 0 Å². The Morgan fingerprint density at radius 1 is 1.20 bits per heavy atom. The lowest BCUT2D eigenvalue weighted by Gasteiger charge is -2.29. The first-order valence-electron chi connectivity index (χ1n) is 7.37. The van der Waals surface area contributed by atoms with Crippen molar-refractivity contribution in [2.45, 2.75) is 26.4 Å². The van der Waals surface area contributed by atoms with E-state index in [9.17, 15) is 0 Å². The number of nitrogens with zero attached hydrogens (tertiary/aromatic N) is 2. The monoisotopic (exact) mass is 279 g/mol. The zero-order valence-electron chi connectivity index (χ0n) is 13.3. The molecule has 1 aromatic carbocycles. The molecule has 0 radical (unpaired) electrons. The number of benzene rings is 1. The largest absolute Gasteiger partial charge is 0.492 e. The van der Waals surface area contributed by atoms with Crippen molar-refractivity contribution in [2.24, 2.45) is 5.73 Å². The minimum atomic E-state index is 0.540. The van der Waals surface area contributed by atoms with E-state index in [-0.39, 0.29) is 0 Å². The summed E-state index contributed by atoms with van der Waals surface area (Å²) in [6.45, 7) is 8.81. The highest BCUT2D eigenvalue weighted by atomic mass is 16.5. The smallest absolute Gasteiger partial charge is 0.119 e. The van der Waals surface area contributed by atoms with Crippen LogP contribution >= 0.6 is 0 Å². The number of hydrogen-bond donors (Lipinski definition) is 1. The second kappa shape index (κ2) is 8.95. The van der Waals surface area contributed by atoms with E-state index in [1.807, 2.05) is 24.3 Å². The Balaban J connectivity index is 2.36. The summed E-state index contributed by atoms with van der Waals surface area (Å²) in [5.41, 5.74) is 6.71. The minimum absolute atomic E-state index is 0.540. The molecule has 0 aliphatic rings. The lowest BCUT2D eigenvalue weighted by Crippen LogP contribution is -2.41. The molecular weight excluding hydrogens is 250 g/mol. The molecule has 0 spiro atoms. The summed E-state index contributed by atoms with van der Waals surface area (Å²) in [4.78, 5) is 4.66. The molecule has 1 aromatic rings. The Morgan fingerprint density at radius 3 is 2.35 bits per heavy atom. The maximum Gasteiger partial charge on any atom is 0.119 e. The number of rotatable bonds is 9. The van der Waals surface area contributed by atoms with Crippen LogP contribution in [0.1, 0.15) is 19.4 Å². The Bertz CT molecular complexity index is 364. The van der Waals surface area contributed by atoms with Crippen LogP contribution in [0.4, 0.5) is 0 Å². The molecular formula is C16H29N3O. The van der Waals surface area contributed by atoms with Crippen molar-refractivity contribution in [1.29, 1.82) is 0 Å². The van der Waals surface area contributed by atoms with Gasteiger partial charge in [-0.2, -0.15) is 0 Å². The highest BCUT2D eigenvalue weighted by Crippen LogP contribution is 2.12. The van der Waals surface area contributed by atoms with E-state index in [2.05, 4.69) is 37.7 Å². The molecule has 1 unspecified atom stereocenters. The topological polar surface area (TPSA) is 41.7 Å². The zero-order chi connectivity index (χ0) is 15.0. The first-order chi connectivity index (χ1) is 9.56. The molecule has 0 fully saturated rings. The maximum atomic E-state index is 5.80. The van der Waals surface area contributed by atoms with Crippen molar-refractivity contribution in [3.8, 4) is 5.75 Å². The first kappa shape index (κ1) is 17.0. The van der Waals surface area contributed by atoms with E-state index in [0.717, 1.165) is 30.9 Å². The molecule has 20 heavy (non-hydrogen) atoms. The van der Waals surface area contributed by atoms with E-state index in [1.54, 1.807) is 0 Å². The van der Waals surface area contributed by atoms with Gasteiger partial charge in [-0.25, -0.2) is 0 Å². The van der Waals surface area contributed by atoms with Gasteiger partial charge in [0.05, 0.1) is 0 Å². The van der Waals surface area contributed by atoms with E-state index in [4.69, 9.17) is 10.5 Å². The molecule has 1 rings (SSSR count). The lowest BCUT2D eigenvalue weighted by atomic mass is 10.2. The van der Waals surface area contributed by atoms with Crippen molar-refractivity contribution in [1.82, 2.24) is 9.80 Å². The molecule has 0 aliphatic heterocycles. The minimum Gasteiger partial charge on any atom is -0.492 e. The third-order valence-electron chi connectivity index (χ3n) is 3.47. The molecule has 114 valence electrons. The number of likely N-dealkylation sites (N-methyl/N-ethyl adjacent to an activating group) is 2. The molecule has 1 atom stereocenters. The van der Waals surface area contributed by atoms with Gasteiger partial charge < -0.3 is 15.4 Å². The van der Waals surface area contributed by atoms with Crippen LogP contribution in [0.15, 0.2) is 24.3 Å². The molecule has 4 heteroatoms. The highest BCUT2D eigenvalue weighted by Gasteiger charge is 2.12. The van der Waals surface area contributed by atoms with Crippen molar-refractivity contribution < 1.29 is 4.74 Å². The van der Waals surface area contributed by atoms with Gasteiger partial charge in [0.15, 0.2) is 0 Å². The summed E-state index contributed by atoms with van der Waals surface area (Å²) in [5.74, 6) is 0.915. The highest BCUT2D eigenvalue weighted by molar-refractivity contribution is 5.27. The summed E-state index contributed by atoms with van der Waals surface area (Å²) in [5, 5.41) is 0. The molecule has 0 aromatic heterocycles. The Morgan fingerprint density at radius 2 is 1.85 bits per heavy atom. The molecule has 0 heterocycles. The molecule has 0 saturated carbocycles. The second-order valence-electron chi connectivity index (χ2n) is 5.44. The summed E-state index contributed by atoms with van der Waals surface area (Å²) in [6.07, 6.45) is 0. The standard InChI is InChI=1S/C16H29N3O/c1-5-19(14(2)13-18(3)4)10-11-20-16-8-6-15(12-17)7-9-16/h6-9,14H,5,10-13,17H2,1-4H3. The quantitative estimate of drug-likeness (QED) is 0.748. The summed E-state index contributed by atoms with van der Waals surface area (Å²) in [6, 6.07) is 8.55. The first-order valence-corrected chi connectivity index (χ1v) is 7.37. The molecule has 0 bridgehead atoms. The van der Waals surface area contributed by atoms with Gasteiger partial charge in [0.2, 0.25) is 0 Å². The average molecular weight is 279 g/mol. The Hall–Kier alpha value is -1.10. The van der Waals surface area contributed by atoms with Crippen molar-refractivity contribution in [3.63, 3.8) is 0 Å². The van der Waals surface area contributed by atoms with Crippen molar-refractivity contribution >= 4 is 0 Å². The molecule has 0 saturated heterocycles. The maximum absolute atomic E-state index is 5.80. The van der Waals surface area contributed by atoms with E-state index in [0.29, 0.717) is 19.2 Å². The van der Waals surface area contributed by atoms with Crippen LogP contribution in [0.2, 0.25) is 0 Å². The molecule has 4 nitrogen and oxygen atoms in total. The molecule has 0 amide bonds. The number of ether oxygens (including phenoxy) is 1. The van der Waals surface area contributed by atoms with Crippen LogP contribution in [-0.2, 0) is 6.54 Å². The van der Waals surface area contributed by atoms with Gasteiger partial charge in [0.25, 0.3) is 0 Å². The van der Waals surface area contributed by atoms with Crippen molar-refractivity contribution in [2.75, 3.05) is 40.3 Å². The van der Waals surface area contributed by atoms with Crippen LogP contribution < -0.4 is 10.5 Å². The van der Waals surface area contributed by atoms with Gasteiger partial charge in [-0.1, -0.05) is 19.1 Å². The average Bonchev–Trinajstić information content (AvgIpc) is 2.43. The Labute approximate surface area is 123 Å². The van der Waals surface area contributed by atoms with Crippen LogP contribution in [-0.4, -0.2) is 56.2 Å². The van der Waals surface area contributed by atoms with Crippen LogP contribution in [0.5, 0.6) is 5.75 Å². The summed E-state index contributed by atoms with van der Waals surface area (Å²) in [7, 11) is 4.22. The van der Waals surface area contributed by atoms with Gasteiger partial charge in [-0.3, -0.25) is 4.90 Å². The van der Waals surface area contributed by atoms with E-state index < -0.39 is 0 Å². The van der Waals surface area contributed by atoms with Crippen molar-refractivity contribution in [3.05, 3.63) is 29.8 Å². The SMILES string of the molecule is CCN(CCOc1ccc(CN)cc1)C(C)CN(C)C. The number of hydrogen-bond acceptors (Lipinski definition) is 4. The third-order valence-corrected chi connectivity index (χ3v) is 3.47. The van der Waals surface area contributed by atoms with Crippen LogP contribution in [0.3, 0.4) is 0 Å². The fraction of sp³-hybridized carbons (Fsp3) is 0.625. The van der Waals surface area contributed by atoms with Gasteiger partial charge in [0.1, 0.15) is 12.4 Å². The fourth-order valence-electron chi connectivity index (χ4n) is 2.34. The summed E-state index contributed by atoms with van der Waals surface area (Å²) >= 11 is 0. The number of nitrogens with two attached hydrogens (primary N) is 1. The second-order valence-corrected chi connectivity index (χ2v) is 5.44. The molecule has 0 aliphatic carbocycles. The zero-order valence-corrected chi connectivity index (χ0v) is 13.3. The van der Waals surface area contributed by atoms with Gasteiger partial charge in [-0.15, -0.1) is 0 Å².